The second kappa shape index (κ2) is 5.69. The predicted octanol–water partition coefficient (Wildman–Crippen LogP) is 4.76. The zero-order valence-electron chi connectivity index (χ0n) is 8.70. The van der Waals surface area contributed by atoms with Crippen molar-refractivity contribution in [1.82, 2.24) is 0 Å². The molecule has 0 aliphatic heterocycles. The molecule has 0 aliphatic rings. The molecule has 0 fully saturated rings. The zero-order valence-corrected chi connectivity index (χ0v) is 11.9. The Labute approximate surface area is 112 Å². The van der Waals surface area contributed by atoms with Crippen LogP contribution in [0.4, 0.5) is 0 Å². The monoisotopic (exact) mass is 342 g/mol. The van der Waals surface area contributed by atoms with Gasteiger partial charge in [0.15, 0.2) is 0 Å². The zero-order chi connectivity index (χ0) is 11.4. The Morgan fingerprint density at radius 3 is 2.44 bits per heavy atom. The fourth-order valence-corrected chi connectivity index (χ4v) is 2.54. The third kappa shape index (κ3) is 2.98. The molecule has 1 aromatic carbocycles. The first-order chi connectivity index (χ1) is 7.79. The first-order valence-corrected chi connectivity index (χ1v) is 7.05. The molecule has 1 atom stereocenters. The maximum Gasteiger partial charge on any atom is 0.104 e. The lowest BCUT2D eigenvalue weighted by Gasteiger charge is -2.12. The number of hydrogen-bond donors (Lipinski definition) is 0. The fraction of sp³-hybridized carbons (Fsp3) is 0.231. The predicted molar refractivity (Wildman–Crippen MR) is 73.1 cm³/mol. The van der Waals surface area contributed by atoms with E-state index in [0.717, 1.165) is 22.0 Å². The van der Waals surface area contributed by atoms with Crippen LogP contribution in [0.15, 0.2) is 51.6 Å². The fourth-order valence-electron chi connectivity index (χ4n) is 1.67. The minimum absolute atomic E-state index is 0.458. The van der Waals surface area contributed by atoms with E-state index < -0.39 is 0 Å². The molecule has 3 heteroatoms. The van der Waals surface area contributed by atoms with Crippen molar-refractivity contribution in [3.8, 4) is 0 Å². The van der Waals surface area contributed by atoms with Gasteiger partial charge in [-0.05, 0) is 29.8 Å². The Bertz CT molecular complexity index is 420. The van der Waals surface area contributed by atoms with E-state index >= 15 is 0 Å². The number of benzene rings is 1. The summed E-state index contributed by atoms with van der Waals surface area (Å²) in [6.45, 7) is 0. The van der Waals surface area contributed by atoms with Crippen molar-refractivity contribution in [2.75, 3.05) is 5.33 Å². The van der Waals surface area contributed by atoms with Crippen molar-refractivity contribution in [3.05, 3.63) is 58.5 Å². The first kappa shape index (κ1) is 11.9. The number of rotatable bonds is 4. The van der Waals surface area contributed by atoms with Crippen molar-refractivity contribution in [2.45, 2.75) is 12.3 Å². The minimum Gasteiger partial charge on any atom is -0.469 e. The van der Waals surface area contributed by atoms with E-state index in [1.54, 1.807) is 6.26 Å². The Morgan fingerprint density at radius 2 is 1.88 bits per heavy atom. The van der Waals surface area contributed by atoms with E-state index in [1.807, 2.05) is 12.1 Å². The molecule has 84 valence electrons. The standard InChI is InChI=1S/C13H12Br2O/c14-9-11(8-13-2-1-7-16-13)10-3-5-12(15)6-4-10/h1-7,11H,8-9H2. The summed E-state index contributed by atoms with van der Waals surface area (Å²) in [5.41, 5.74) is 1.33. The summed E-state index contributed by atoms with van der Waals surface area (Å²) in [7, 11) is 0. The van der Waals surface area contributed by atoms with Gasteiger partial charge in [0, 0.05) is 22.1 Å². The third-order valence-corrected chi connectivity index (χ3v) is 3.87. The van der Waals surface area contributed by atoms with Crippen molar-refractivity contribution < 1.29 is 4.42 Å². The van der Waals surface area contributed by atoms with Gasteiger partial charge >= 0.3 is 0 Å². The van der Waals surface area contributed by atoms with Gasteiger partial charge in [0.1, 0.15) is 5.76 Å². The second-order valence-electron chi connectivity index (χ2n) is 3.69. The molecule has 0 saturated heterocycles. The van der Waals surface area contributed by atoms with E-state index in [-0.39, 0.29) is 0 Å². The lowest BCUT2D eigenvalue weighted by Crippen LogP contribution is -2.03. The molecule has 0 spiro atoms. The quantitative estimate of drug-likeness (QED) is 0.729. The van der Waals surface area contributed by atoms with Crippen LogP contribution in [0.3, 0.4) is 0 Å². The lowest BCUT2D eigenvalue weighted by molar-refractivity contribution is 0.494. The highest BCUT2D eigenvalue weighted by molar-refractivity contribution is 9.10. The average Bonchev–Trinajstić information content (AvgIpc) is 2.80. The number of alkyl halides is 1. The summed E-state index contributed by atoms with van der Waals surface area (Å²) in [5.74, 6) is 1.49. The van der Waals surface area contributed by atoms with Gasteiger partial charge in [-0.1, -0.05) is 44.0 Å². The number of furan rings is 1. The van der Waals surface area contributed by atoms with Gasteiger partial charge < -0.3 is 4.42 Å². The van der Waals surface area contributed by atoms with Crippen LogP contribution in [-0.2, 0) is 6.42 Å². The SMILES string of the molecule is BrCC(Cc1ccco1)c1ccc(Br)cc1. The molecule has 0 amide bonds. The van der Waals surface area contributed by atoms with Crippen LogP contribution in [0.2, 0.25) is 0 Å². The highest BCUT2D eigenvalue weighted by Crippen LogP contribution is 2.24. The molecule has 1 nitrogen and oxygen atoms in total. The summed E-state index contributed by atoms with van der Waals surface area (Å²) in [4.78, 5) is 0. The third-order valence-electron chi connectivity index (χ3n) is 2.56. The van der Waals surface area contributed by atoms with Crippen LogP contribution in [0.5, 0.6) is 0 Å². The average molecular weight is 344 g/mol. The van der Waals surface area contributed by atoms with E-state index in [0.29, 0.717) is 5.92 Å². The van der Waals surface area contributed by atoms with Gasteiger partial charge in [-0.15, -0.1) is 0 Å². The minimum atomic E-state index is 0.458. The molecule has 0 aliphatic carbocycles. The Balaban J connectivity index is 2.13. The smallest absolute Gasteiger partial charge is 0.104 e. The lowest BCUT2D eigenvalue weighted by atomic mass is 9.97. The second-order valence-corrected chi connectivity index (χ2v) is 5.25. The van der Waals surface area contributed by atoms with Crippen molar-refractivity contribution >= 4 is 31.9 Å². The van der Waals surface area contributed by atoms with Gasteiger partial charge in [0.25, 0.3) is 0 Å². The van der Waals surface area contributed by atoms with Gasteiger partial charge in [0.2, 0.25) is 0 Å². The first-order valence-electron chi connectivity index (χ1n) is 5.13. The Morgan fingerprint density at radius 1 is 1.12 bits per heavy atom. The summed E-state index contributed by atoms with van der Waals surface area (Å²) in [6, 6.07) is 12.4. The molecule has 1 heterocycles. The molecule has 0 N–H and O–H groups in total. The molecule has 1 unspecified atom stereocenters. The largest absolute Gasteiger partial charge is 0.469 e. The highest BCUT2D eigenvalue weighted by Gasteiger charge is 2.12. The van der Waals surface area contributed by atoms with Gasteiger partial charge in [-0.2, -0.15) is 0 Å². The number of halogens is 2. The van der Waals surface area contributed by atoms with E-state index in [4.69, 9.17) is 4.42 Å². The highest BCUT2D eigenvalue weighted by atomic mass is 79.9. The van der Waals surface area contributed by atoms with E-state index in [1.165, 1.54) is 5.56 Å². The molecule has 0 saturated carbocycles. The van der Waals surface area contributed by atoms with Gasteiger partial charge in [-0.25, -0.2) is 0 Å². The molecule has 2 rings (SSSR count). The summed E-state index contributed by atoms with van der Waals surface area (Å²) < 4.78 is 6.49. The van der Waals surface area contributed by atoms with Crippen molar-refractivity contribution in [3.63, 3.8) is 0 Å². The molecule has 2 aromatic rings. The summed E-state index contributed by atoms with van der Waals surface area (Å²) in [6.07, 6.45) is 2.65. The molecular formula is C13H12Br2O. The van der Waals surface area contributed by atoms with Crippen LogP contribution in [0, 0.1) is 0 Å². The van der Waals surface area contributed by atoms with Gasteiger partial charge in [0.05, 0.1) is 6.26 Å². The van der Waals surface area contributed by atoms with Gasteiger partial charge in [-0.3, -0.25) is 0 Å². The Kier molecular flexibility index (Phi) is 4.24. The maximum absolute atomic E-state index is 5.38. The molecule has 16 heavy (non-hydrogen) atoms. The summed E-state index contributed by atoms with van der Waals surface area (Å²) >= 11 is 7.01. The van der Waals surface area contributed by atoms with E-state index in [2.05, 4.69) is 56.1 Å². The molecule has 1 aromatic heterocycles. The molecular weight excluding hydrogens is 332 g/mol. The van der Waals surface area contributed by atoms with Crippen LogP contribution in [0.1, 0.15) is 17.2 Å². The topological polar surface area (TPSA) is 13.1 Å². The Hall–Kier alpha value is -0.540. The molecule has 0 bridgehead atoms. The number of hydrogen-bond acceptors (Lipinski definition) is 1. The van der Waals surface area contributed by atoms with Crippen LogP contribution >= 0.6 is 31.9 Å². The van der Waals surface area contributed by atoms with Crippen LogP contribution in [-0.4, -0.2) is 5.33 Å². The van der Waals surface area contributed by atoms with Crippen LogP contribution < -0.4 is 0 Å². The molecule has 0 radical (unpaired) electrons. The summed E-state index contributed by atoms with van der Waals surface area (Å²) in [5, 5.41) is 0.940. The maximum atomic E-state index is 5.38. The van der Waals surface area contributed by atoms with Crippen molar-refractivity contribution in [1.29, 1.82) is 0 Å². The van der Waals surface area contributed by atoms with E-state index in [9.17, 15) is 0 Å². The van der Waals surface area contributed by atoms with Crippen molar-refractivity contribution in [2.24, 2.45) is 0 Å². The normalized spacial score (nSPS) is 12.6. The van der Waals surface area contributed by atoms with Crippen LogP contribution in [0.25, 0.3) is 0 Å².